The number of hydrogen-bond donors (Lipinski definition) is 0. The lowest BCUT2D eigenvalue weighted by atomic mass is 9.76. The molecule has 2 aromatic rings. The van der Waals surface area contributed by atoms with Crippen LogP contribution in [0.25, 0.3) is 0 Å². The van der Waals surface area contributed by atoms with Gasteiger partial charge in [-0.1, -0.05) is 48.0 Å². The van der Waals surface area contributed by atoms with E-state index in [0.717, 1.165) is 12.0 Å². The summed E-state index contributed by atoms with van der Waals surface area (Å²) in [6.45, 7) is 8.42. The summed E-state index contributed by atoms with van der Waals surface area (Å²) in [7, 11) is 0. The highest BCUT2D eigenvalue weighted by Crippen LogP contribution is 2.30. The molecule has 0 radical (unpaired) electrons. The van der Waals surface area contributed by atoms with Gasteiger partial charge in [0.1, 0.15) is 0 Å². The summed E-state index contributed by atoms with van der Waals surface area (Å²) in [6.07, 6.45) is 0.755. The maximum Gasteiger partial charge on any atom is 0.0834 e. The molecule has 0 bridgehead atoms. The van der Waals surface area contributed by atoms with Crippen molar-refractivity contribution >= 4 is 0 Å². The van der Waals surface area contributed by atoms with Crippen molar-refractivity contribution in [1.29, 1.82) is 5.26 Å². The molecule has 0 saturated heterocycles. The molecule has 2 aromatic carbocycles. The Hall–Kier alpha value is -2.07. The lowest BCUT2D eigenvalue weighted by Gasteiger charge is -2.24. The van der Waals surface area contributed by atoms with Crippen molar-refractivity contribution in [3.05, 3.63) is 70.3 Å². The first kappa shape index (κ1) is 14.3. The van der Waals surface area contributed by atoms with Crippen LogP contribution in [0.2, 0.25) is 0 Å². The molecule has 1 atom stereocenters. The molecule has 20 heavy (non-hydrogen) atoms. The average Bonchev–Trinajstić information content (AvgIpc) is 2.43. The predicted molar refractivity (Wildman–Crippen MR) is 83.8 cm³/mol. The van der Waals surface area contributed by atoms with Crippen molar-refractivity contribution in [1.82, 2.24) is 0 Å². The third-order valence-corrected chi connectivity index (χ3v) is 4.03. The van der Waals surface area contributed by atoms with Crippen molar-refractivity contribution in [2.45, 2.75) is 39.5 Å². The highest BCUT2D eigenvalue weighted by Gasteiger charge is 2.28. The van der Waals surface area contributed by atoms with Crippen molar-refractivity contribution < 1.29 is 0 Å². The van der Waals surface area contributed by atoms with Gasteiger partial charge in [-0.3, -0.25) is 0 Å². The van der Waals surface area contributed by atoms with Crippen LogP contribution in [0.1, 0.15) is 34.7 Å². The minimum Gasteiger partial charge on any atom is -0.197 e. The topological polar surface area (TPSA) is 23.8 Å². The van der Waals surface area contributed by atoms with Crippen molar-refractivity contribution in [3.8, 4) is 6.07 Å². The van der Waals surface area contributed by atoms with Crippen LogP contribution in [-0.2, 0) is 11.8 Å². The predicted octanol–water partition coefficient (Wildman–Crippen LogP) is 4.64. The number of hydrogen-bond acceptors (Lipinski definition) is 1. The minimum atomic E-state index is -0.480. The lowest BCUT2D eigenvalue weighted by Crippen LogP contribution is -2.23. The Balaban J connectivity index is 2.45. The normalized spacial score (nSPS) is 13.6. The van der Waals surface area contributed by atoms with Gasteiger partial charge in [-0.05, 0) is 56.4 Å². The maximum atomic E-state index is 9.69. The van der Waals surface area contributed by atoms with Gasteiger partial charge in [0.05, 0.1) is 11.5 Å². The van der Waals surface area contributed by atoms with Crippen LogP contribution in [0, 0.1) is 32.1 Å². The first-order valence-electron chi connectivity index (χ1n) is 7.00. The highest BCUT2D eigenvalue weighted by atomic mass is 14.4. The number of nitriles is 1. The average molecular weight is 263 g/mol. The van der Waals surface area contributed by atoms with Crippen LogP contribution in [0.5, 0.6) is 0 Å². The Morgan fingerprint density at radius 2 is 1.55 bits per heavy atom. The summed E-state index contributed by atoms with van der Waals surface area (Å²) in [5, 5.41) is 9.69. The molecule has 0 spiro atoms. The van der Waals surface area contributed by atoms with Gasteiger partial charge < -0.3 is 0 Å². The summed E-state index contributed by atoms with van der Waals surface area (Å²) < 4.78 is 0. The maximum absolute atomic E-state index is 9.69. The molecule has 0 amide bonds. The molecule has 1 nitrogen and oxygen atoms in total. The lowest BCUT2D eigenvalue weighted by molar-refractivity contribution is 0.602. The fourth-order valence-corrected chi connectivity index (χ4v) is 2.85. The SMILES string of the molecule is Cc1cc(C)c(CC(C)(C#N)c2ccccc2)c(C)c1. The third kappa shape index (κ3) is 2.75. The number of rotatable bonds is 3. The molecule has 0 aliphatic heterocycles. The van der Waals surface area contributed by atoms with Crippen LogP contribution in [0.4, 0.5) is 0 Å². The van der Waals surface area contributed by atoms with Crippen LogP contribution in [0.15, 0.2) is 42.5 Å². The quantitative estimate of drug-likeness (QED) is 0.791. The largest absolute Gasteiger partial charge is 0.197 e. The smallest absolute Gasteiger partial charge is 0.0834 e. The van der Waals surface area contributed by atoms with Crippen LogP contribution in [0.3, 0.4) is 0 Å². The van der Waals surface area contributed by atoms with E-state index in [9.17, 15) is 5.26 Å². The van der Waals surface area contributed by atoms with Gasteiger partial charge in [-0.15, -0.1) is 0 Å². The first-order valence-corrected chi connectivity index (χ1v) is 7.00. The second-order valence-corrected chi connectivity index (χ2v) is 5.86. The molecule has 0 saturated carbocycles. The zero-order valence-corrected chi connectivity index (χ0v) is 12.7. The summed E-state index contributed by atoms with van der Waals surface area (Å²) in [5.41, 5.74) is 5.73. The Morgan fingerprint density at radius 1 is 1.00 bits per heavy atom. The molecule has 0 N–H and O–H groups in total. The molecule has 0 aromatic heterocycles. The van der Waals surface area contributed by atoms with E-state index >= 15 is 0 Å². The zero-order chi connectivity index (χ0) is 14.8. The second kappa shape index (κ2) is 5.51. The molecule has 0 heterocycles. The van der Waals surface area contributed by atoms with E-state index < -0.39 is 5.41 Å². The van der Waals surface area contributed by atoms with Crippen LogP contribution in [-0.4, -0.2) is 0 Å². The Kier molecular flexibility index (Phi) is 3.95. The van der Waals surface area contributed by atoms with Gasteiger partial charge in [0.25, 0.3) is 0 Å². The van der Waals surface area contributed by atoms with E-state index in [4.69, 9.17) is 0 Å². The molecule has 2 rings (SSSR count). The van der Waals surface area contributed by atoms with Gasteiger partial charge in [-0.25, -0.2) is 0 Å². The fourth-order valence-electron chi connectivity index (χ4n) is 2.85. The highest BCUT2D eigenvalue weighted by molar-refractivity contribution is 5.42. The second-order valence-electron chi connectivity index (χ2n) is 5.86. The fraction of sp³-hybridized carbons (Fsp3) is 0.316. The Bertz CT molecular complexity index is 626. The summed E-state index contributed by atoms with van der Waals surface area (Å²) in [5.74, 6) is 0. The Labute approximate surface area is 121 Å². The first-order chi connectivity index (χ1) is 9.46. The van der Waals surface area contributed by atoms with E-state index in [1.54, 1.807) is 0 Å². The number of nitrogens with zero attached hydrogens (tertiary/aromatic N) is 1. The minimum absolute atomic E-state index is 0.480. The Morgan fingerprint density at radius 3 is 2.05 bits per heavy atom. The van der Waals surface area contributed by atoms with E-state index in [0.29, 0.717) is 0 Å². The van der Waals surface area contributed by atoms with Gasteiger partial charge >= 0.3 is 0 Å². The molecular formula is C19H21N. The molecular weight excluding hydrogens is 242 g/mol. The number of aryl methyl sites for hydroxylation is 3. The monoisotopic (exact) mass is 263 g/mol. The van der Waals surface area contributed by atoms with Gasteiger partial charge in [0.2, 0.25) is 0 Å². The van der Waals surface area contributed by atoms with Crippen molar-refractivity contribution in [3.63, 3.8) is 0 Å². The molecule has 0 fully saturated rings. The molecule has 102 valence electrons. The van der Waals surface area contributed by atoms with Gasteiger partial charge in [-0.2, -0.15) is 5.26 Å². The molecule has 0 aliphatic rings. The molecule has 1 unspecified atom stereocenters. The summed E-state index contributed by atoms with van der Waals surface area (Å²) >= 11 is 0. The number of benzene rings is 2. The summed E-state index contributed by atoms with van der Waals surface area (Å²) in [6, 6.07) is 17.0. The van der Waals surface area contributed by atoms with Crippen molar-refractivity contribution in [2.24, 2.45) is 0 Å². The molecule has 1 heteroatoms. The third-order valence-electron chi connectivity index (χ3n) is 4.03. The van der Waals surface area contributed by atoms with Crippen LogP contribution >= 0.6 is 0 Å². The van der Waals surface area contributed by atoms with Crippen LogP contribution < -0.4 is 0 Å². The van der Waals surface area contributed by atoms with E-state index in [1.807, 2.05) is 37.3 Å². The van der Waals surface area contributed by atoms with E-state index in [-0.39, 0.29) is 0 Å². The summed E-state index contributed by atoms with van der Waals surface area (Å²) in [4.78, 5) is 0. The molecule has 0 aliphatic carbocycles. The standard InChI is InChI=1S/C19H21N/c1-14-10-15(2)18(16(3)11-14)12-19(4,13-20)17-8-6-5-7-9-17/h5-11H,12H2,1-4H3. The van der Waals surface area contributed by atoms with Gasteiger partial charge in [0.15, 0.2) is 0 Å². The zero-order valence-electron chi connectivity index (χ0n) is 12.7. The van der Waals surface area contributed by atoms with E-state index in [1.165, 1.54) is 22.3 Å². The van der Waals surface area contributed by atoms with Gasteiger partial charge in [0, 0.05) is 0 Å². The van der Waals surface area contributed by atoms with E-state index in [2.05, 4.69) is 39.0 Å². The van der Waals surface area contributed by atoms with Crippen molar-refractivity contribution in [2.75, 3.05) is 0 Å².